The number of hydrogen-bond acceptors (Lipinski definition) is 4. The number of nitro benzene ring substituents is 1. The maximum absolute atomic E-state index is 11.2. The van der Waals surface area contributed by atoms with E-state index >= 15 is 0 Å². The molecule has 1 aliphatic heterocycles. The molecule has 1 fully saturated rings. The molecule has 1 aromatic carbocycles. The van der Waals surface area contributed by atoms with E-state index in [4.69, 9.17) is 5.73 Å². The van der Waals surface area contributed by atoms with Crippen molar-refractivity contribution in [2.45, 2.75) is 26.3 Å². The topological polar surface area (TPSA) is 72.4 Å². The van der Waals surface area contributed by atoms with Crippen LogP contribution in [0.25, 0.3) is 0 Å². The zero-order chi connectivity index (χ0) is 13.3. The number of nitrogens with zero attached hydrogens (tertiary/aromatic N) is 2. The van der Waals surface area contributed by atoms with Crippen LogP contribution in [0.2, 0.25) is 0 Å². The van der Waals surface area contributed by atoms with Gasteiger partial charge in [0, 0.05) is 24.7 Å². The van der Waals surface area contributed by atoms with Gasteiger partial charge in [-0.05, 0) is 25.3 Å². The molecule has 5 heteroatoms. The van der Waals surface area contributed by atoms with E-state index < -0.39 is 0 Å². The second-order valence-corrected chi connectivity index (χ2v) is 5.21. The lowest BCUT2D eigenvalue weighted by Gasteiger charge is -2.36. The van der Waals surface area contributed by atoms with Crippen LogP contribution >= 0.6 is 0 Å². The third-order valence-electron chi connectivity index (χ3n) is 3.43. The molecular formula is C13H19N3O2. The van der Waals surface area contributed by atoms with E-state index in [-0.39, 0.29) is 16.7 Å². The highest BCUT2D eigenvalue weighted by Gasteiger charge is 2.27. The van der Waals surface area contributed by atoms with Crippen LogP contribution in [0.4, 0.5) is 11.4 Å². The summed E-state index contributed by atoms with van der Waals surface area (Å²) >= 11 is 0. The fourth-order valence-electron chi connectivity index (χ4n) is 2.73. The number of para-hydroxylation sites is 1. The molecule has 2 N–H and O–H groups in total. The quantitative estimate of drug-likeness (QED) is 0.643. The lowest BCUT2D eigenvalue weighted by atomic mass is 9.95. The van der Waals surface area contributed by atoms with Gasteiger partial charge in [-0.15, -0.1) is 0 Å². The molecule has 0 saturated carbocycles. The average Bonchev–Trinajstić information content (AvgIpc) is 2.26. The van der Waals surface area contributed by atoms with Crippen molar-refractivity contribution in [3.63, 3.8) is 0 Å². The first-order valence-electron chi connectivity index (χ1n) is 6.23. The molecule has 0 amide bonds. The molecule has 1 heterocycles. The van der Waals surface area contributed by atoms with Gasteiger partial charge < -0.3 is 10.6 Å². The lowest BCUT2D eigenvalue weighted by molar-refractivity contribution is -0.384. The Hall–Kier alpha value is -1.62. The van der Waals surface area contributed by atoms with Crippen LogP contribution in [-0.4, -0.2) is 24.1 Å². The highest BCUT2D eigenvalue weighted by molar-refractivity contribution is 5.66. The van der Waals surface area contributed by atoms with Gasteiger partial charge in [-0.25, -0.2) is 0 Å². The molecule has 98 valence electrons. The monoisotopic (exact) mass is 249 g/mol. The number of nitro groups is 1. The van der Waals surface area contributed by atoms with Gasteiger partial charge in [0.2, 0.25) is 0 Å². The van der Waals surface area contributed by atoms with Crippen LogP contribution in [0.3, 0.4) is 0 Å². The maximum Gasteiger partial charge on any atom is 0.295 e. The number of aryl methyl sites for hydroxylation is 1. The van der Waals surface area contributed by atoms with Crippen LogP contribution in [0.5, 0.6) is 0 Å². The van der Waals surface area contributed by atoms with E-state index in [0.29, 0.717) is 23.7 Å². The molecule has 5 nitrogen and oxygen atoms in total. The van der Waals surface area contributed by atoms with Crippen molar-refractivity contribution in [1.82, 2.24) is 0 Å². The highest BCUT2D eigenvalue weighted by atomic mass is 16.6. The van der Waals surface area contributed by atoms with Crippen molar-refractivity contribution in [1.29, 1.82) is 0 Å². The third kappa shape index (κ3) is 2.46. The summed E-state index contributed by atoms with van der Waals surface area (Å²) in [5.74, 6) is 0.467. The summed E-state index contributed by atoms with van der Waals surface area (Å²) in [6, 6.07) is 5.54. The minimum atomic E-state index is -0.296. The molecule has 0 radical (unpaired) electrons. The van der Waals surface area contributed by atoms with Gasteiger partial charge in [-0.2, -0.15) is 0 Å². The molecule has 1 saturated heterocycles. The zero-order valence-electron chi connectivity index (χ0n) is 10.8. The number of rotatable bonds is 2. The third-order valence-corrected chi connectivity index (χ3v) is 3.43. The number of piperidine rings is 1. The number of hydrogen-bond donors (Lipinski definition) is 1. The summed E-state index contributed by atoms with van der Waals surface area (Å²) < 4.78 is 0. The summed E-state index contributed by atoms with van der Waals surface area (Å²) in [4.78, 5) is 12.9. The van der Waals surface area contributed by atoms with Crippen molar-refractivity contribution >= 4 is 11.4 Å². The Bertz CT molecular complexity index is 452. The number of anilines is 1. The molecule has 18 heavy (non-hydrogen) atoms. The van der Waals surface area contributed by atoms with Crippen LogP contribution in [0, 0.1) is 23.0 Å². The van der Waals surface area contributed by atoms with Crippen molar-refractivity contribution < 1.29 is 4.92 Å². The molecule has 2 rings (SSSR count). The normalized spacial score (nSPS) is 24.1. The number of nitrogens with two attached hydrogens (primary N) is 1. The SMILES string of the molecule is Cc1cccc(N2CC(C)CC(N)C2)c1[N+](=O)[O-]. The Labute approximate surface area is 107 Å². The van der Waals surface area contributed by atoms with E-state index in [9.17, 15) is 10.1 Å². The maximum atomic E-state index is 11.2. The molecule has 1 aliphatic rings. The summed E-state index contributed by atoms with van der Waals surface area (Å²) in [5.41, 5.74) is 7.61. The van der Waals surface area contributed by atoms with Gasteiger partial charge in [0.05, 0.1) is 4.92 Å². The smallest absolute Gasteiger partial charge is 0.295 e. The van der Waals surface area contributed by atoms with E-state index in [1.54, 1.807) is 13.0 Å². The zero-order valence-corrected chi connectivity index (χ0v) is 10.8. The summed E-state index contributed by atoms with van der Waals surface area (Å²) in [6.07, 6.45) is 0.982. The molecule has 2 unspecified atom stereocenters. The van der Waals surface area contributed by atoms with Gasteiger partial charge in [0.1, 0.15) is 5.69 Å². The van der Waals surface area contributed by atoms with Crippen molar-refractivity contribution in [2.75, 3.05) is 18.0 Å². The van der Waals surface area contributed by atoms with Gasteiger partial charge in [0.15, 0.2) is 0 Å². The average molecular weight is 249 g/mol. The molecule has 2 atom stereocenters. The molecule has 0 aliphatic carbocycles. The van der Waals surface area contributed by atoms with Crippen molar-refractivity contribution in [2.24, 2.45) is 11.7 Å². The summed E-state index contributed by atoms with van der Waals surface area (Å²) in [6.45, 7) is 5.43. The predicted molar refractivity (Wildman–Crippen MR) is 71.8 cm³/mol. The van der Waals surface area contributed by atoms with Crippen molar-refractivity contribution in [3.05, 3.63) is 33.9 Å². The first-order chi connectivity index (χ1) is 8.49. The Balaban J connectivity index is 2.38. The molecule has 0 aromatic heterocycles. The Kier molecular flexibility index (Phi) is 3.52. The van der Waals surface area contributed by atoms with E-state index in [1.165, 1.54) is 0 Å². The second kappa shape index (κ2) is 4.94. The molecule has 0 bridgehead atoms. The first kappa shape index (κ1) is 12.8. The second-order valence-electron chi connectivity index (χ2n) is 5.21. The van der Waals surface area contributed by atoms with Gasteiger partial charge >= 0.3 is 0 Å². The molecule has 0 spiro atoms. The summed E-state index contributed by atoms with van der Waals surface area (Å²) in [5, 5.41) is 11.2. The predicted octanol–water partition coefficient (Wildman–Crippen LogP) is 2.08. The largest absolute Gasteiger partial charge is 0.364 e. The molecule has 1 aromatic rings. The van der Waals surface area contributed by atoms with Gasteiger partial charge in [-0.1, -0.05) is 19.1 Å². The van der Waals surface area contributed by atoms with Crippen LogP contribution in [0.15, 0.2) is 18.2 Å². The highest BCUT2D eigenvalue weighted by Crippen LogP contribution is 2.33. The Morgan fingerprint density at radius 3 is 2.78 bits per heavy atom. The fraction of sp³-hybridized carbons (Fsp3) is 0.538. The van der Waals surface area contributed by atoms with Crippen LogP contribution in [0.1, 0.15) is 18.9 Å². The Morgan fingerprint density at radius 2 is 2.17 bits per heavy atom. The minimum Gasteiger partial charge on any atom is -0.364 e. The van der Waals surface area contributed by atoms with E-state index in [2.05, 4.69) is 6.92 Å². The lowest BCUT2D eigenvalue weighted by Crippen LogP contribution is -2.46. The van der Waals surface area contributed by atoms with E-state index in [1.807, 2.05) is 17.0 Å². The fourth-order valence-corrected chi connectivity index (χ4v) is 2.73. The van der Waals surface area contributed by atoms with Crippen LogP contribution < -0.4 is 10.6 Å². The van der Waals surface area contributed by atoms with Crippen molar-refractivity contribution in [3.8, 4) is 0 Å². The van der Waals surface area contributed by atoms with E-state index in [0.717, 1.165) is 13.0 Å². The van der Waals surface area contributed by atoms with Gasteiger partial charge in [-0.3, -0.25) is 10.1 Å². The standard InChI is InChI=1S/C13H19N3O2/c1-9-6-11(14)8-15(7-9)12-5-3-4-10(2)13(12)16(17)18/h3-5,9,11H,6-8,14H2,1-2H3. The summed E-state index contributed by atoms with van der Waals surface area (Å²) in [7, 11) is 0. The minimum absolute atomic E-state index is 0.0915. The first-order valence-corrected chi connectivity index (χ1v) is 6.23. The number of benzene rings is 1. The molecular weight excluding hydrogens is 230 g/mol. The van der Waals surface area contributed by atoms with Gasteiger partial charge in [0.25, 0.3) is 5.69 Å². The Morgan fingerprint density at radius 1 is 1.44 bits per heavy atom. The van der Waals surface area contributed by atoms with Crippen LogP contribution in [-0.2, 0) is 0 Å².